The molecule has 0 amide bonds. The summed E-state index contributed by atoms with van der Waals surface area (Å²) in [5.74, 6) is 0. The van der Waals surface area contributed by atoms with Crippen molar-refractivity contribution in [3.8, 4) is 0 Å². The molecule has 0 fully saturated rings. The van der Waals surface area contributed by atoms with Crippen molar-refractivity contribution in [2.24, 2.45) is 0 Å². The minimum Gasteiger partial charge on any atom is -0.305 e. The zero-order chi connectivity index (χ0) is 12.1. The highest BCUT2D eigenvalue weighted by atomic mass is 79.9. The van der Waals surface area contributed by atoms with Gasteiger partial charge in [0.05, 0.1) is 11.7 Å². The van der Waals surface area contributed by atoms with Gasteiger partial charge in [-0.05, 0) is 40.2 Å². The predicted molar refractivity (Wildman–Crippen MR) is 73.9 cm³/mol. The van der Waals surface area contributed by atoms with Crippen molar-refractivity contribution in [1.29, 1.82) is 0 Å². The van der Waals surface area contributed by atoms with E-state index in [9.17, 15) is 0 Å². The molecule has 2 nitrogen and oxygen atoms in total. The summed E-state index contributed by atoms with van der Waals surface area (Å²) in [5.41, 5.74) is 2.26. The normalized spacial score (nSPS) is 12.4. The van der Waals surface area contributed by atoms with Gasteiger partial charge in [0.25, 0.3) is 0 Å². The molecule has 1 heterocycles. The molecule has 0 aliphatic carbocycles. The second kappa shape index (κ2) is 5.94. The van der Waals surface area contributed by atoms with E-state index in [2.05, 4.69) is 57.4 Å². The van der Waals surface area contributed by atoms with Gasteiger partial charge < -0.3 is 5.32 Å². The van der Waals surface area contributed by atoms with Crippen LogP contribution in [0.15, 0.2) is 53.1 Å². The topological polar surface area (TPSA) is 24.9 Å². The molecule has 88 valence electrons. The van der Waals surface area contributed by atoms with E-state index in [1.807, 2.05) is 24.4 Å². The number of benzene rings is 1. The van der Waals surface area contributed by atoms with Gasteiger partial charge in [-0.3, -0.25) is 4.98 Å². The lowest BCUT2D eigenvalue weighted by atomic mass is 10.0. The first kappa shape index (κ1) is 12.3. The molecule has 0 saturated heterocycles. The minimum atomic E-state index is 0.136. The van der Waals surface area contributed by atoms with Crippen LogP contribution in [0.4, 0.5) is 0 Å². The van der Waals surface area contributed by atoms with E-state index in [1.165, 1.54) is 5.56 Å². The van der Waals surface area contributed by atoms with Gasteiger partial charge >= 0.3 is 0 Å². The maximum absolute atomic E-state index is 4.46. The Bertz CT molecular complexity index is 471. The molecule has 1 N–H and O–H groups in total. The lowest BCUT2D eigenvalue weighted by molar-refractivity contribution is 0.613. The summed E-state index contributed by atoms with van der Waals surface area (Å²) in [7, 11) is 0. The van der Waals surface area contributed by atoms with E-state index in [1.54, 1.807) is 0 Å². The van der Waals surface area contributed by atoms with Crippen LogP contribution in [-0.4, -0.2) is 11.5 Å². The van der Waals surface area contributed by atoms with Gasteiger partial charge in [-0.15, -0.1) is 0 Å². The third-order valence-electron chi connectivity index (χ3n) is 2.60. The van der Waals surface area contributed by atoms with Crippen molar-refractivity contribution in [3.63, 3.8) is 0 Å². The second-order valence-corrected chi connectivity index (χ2v) is 4.63. The molecule has 0 radical (unpaired) electrons. The summed E-state index contributed by atoms with van der Waals surface area (Å²) < 4.78 is 1.04. The smallest absolute Gasteiger partial charge is 0.0762 e. The average molecular weight is 291 g/mol. The fourth-order valence-corrected chi connectivity index (χ4v) is 2.32. The zero-order valence-corrected chi connectivity index (χ0v) is 11.3. The maximum Gasteiger partial charge on any atom is 0.0762 e. The third-order valence-corrected chi connectivity index (χ3v) is 3.27. The highest BCUT2D eigenvalue weighted by molar-refractivity contribution is 9.10. The van der Waals surface area contributed by atoms with Crippen LogP contribution in [0.3, 0.4) is 0 Å². The van der Waals surface area contributed by atoms with Crippen LogP contribution in [0, 0.1) is 0 Å². The van der Waals surface area contributed by atoms with E-state index in [0.29, 0.717) is 0 Å². The quantitative estimate of drug-likeness (QED) is 0.932. The second-order valence-electron chi connectivity index (χ2n) is 3.77. The van der Waals surface area contributed by atoms with Gasteiger partial charge in [-0.2, -0.15) is 0 Å². The predicted octanol–water partition coefficient (Wildman–Crippen LogP) is 3.54. The summed E-state index contributed by atoms with van der Waals surface area (Å²) in [5, 5.41) is 3.46. The fourth-order valence-electron chi connectivity index (χ4n) is 1.83. The molecule has 1 aromatic carbocycles. The number of hydrogen-bond donors (Lipinski definition) is 1. The number of hydrogen-bond acceptors (Lipinski definition) is 2. The molecule has 0 spiro atoms. The van der Waals surface area contributed by atoms with E-state index >= 15 is 0 Å². The molecule has 0 saturated carbocycles. The van der Waals surface area contributed by atoms with Crippen molar-refractivity contribution in [1.82, 2.24) is 10.3 Å². The van der Waals surface area contributed by atoms with Crippen molar-refractivity contribution in [3.05, 3.63) is 64.4 Å². The van der Waals surface area contributed by atoms with Crippen molar-refractivity contribution >= 4 is 15.9 Å². The molecule has 0 aliphatic rings. The van der Waals surface area contributed by atoms with E-state index in [0.717, 1.165) is 16.7 Å². The number of rotatable bonds is 4. The van der Waals surface area contributed by atoms with Crippen molar-refractivity contribution < 1.29 is 0 Å². The first-order valence-corrected chi connectivity index (χ1v) is 6.51. The summed E-state index contributed by atoms with van der Waals surface area (Å²) >= 11 is 3.56. The highest BCUT2D eigenvalue weighted by Crippen LogP contribution is 2.26. The number of halogens is 1. The maximum atomic E-state index is 4.46. The first-order valence-electron chi connectivity index (χ1n) is 5.71. The van der Waals surface area contributed by atoms with Crippen LogP contribution in [-0.2, 0) is 0 Å². The van der Waals surface area contributed by atoms with Crippen molar-refractivity contribution in [2.75, 3.05) is 6.54 Å². The van der Waals surface area contributed by atoms with Gasteiger partial charge in [0.15, 0.2) is 0 Å². The molecule has 2 aromatic rings. The van der Waals surface area contributed by atoms with Gasteiger partial charge in [0, 0.05) is 10.7 Å². The first-order chi connectivity index (χ1) is 8.33. The molecule has 0 aliphatic heterocycles. The Morgan fingerprint density at radius 3 is 2.59 bits per heavy atom. The Morgan fingerprint density at radius 2 is 1.94 bits per heavy atom. The van der Waals surface area contributed by atoms with Crippen LogP contribution in [0.2, 0.25) is 0 Å². The summed E-state index contributed by atoms with van der Waals surface area (Å²) in [4.78, 5) is 4.46. The van der Waals surface area contributed by atoms with Crippen LogP contribution < -0.4 is 5.32 Å². The lowest BCUT2D eigenvalue weighted by Crippen LogP contribution is -2.23. The zero-order valence-electron chi connectivity index (χ0n) is 9.73. The summed E-state index contributed by atoms with van der Waals surface area (Å²) in [6.07, 6.45) is 1.83. The molecule has 3 heteroatoms. The Kier molecular flexibility index (Phi) is 4.29. The molecule has 0 bridgehead atoms. The third kappa shape index (κ3) is 2.93. The lowest BCUT2D eigenvalue weighted by Gasteiger charge is -2.18. The largest absolute Gasteiger partial charge is 0.305 e. The number of nitrogens with one attached hydrogen (secondary N) is 1. The number of aromatic nitrogens is 1. The van der Waals surface area contributed by atoms with E-state index < -0.39 is 0 Å². The molecular weight excluding hydrogens is 276 g/mol. The monoisotopic (exact) mass is 290 g/mol. The minimum absolute atomic E-state index is 0.136. The Labute approximate surface area is 110 Å². The Balaban J connectivity index is 2.39. The molecule has 17 heavy (non-hydrogen) atoms. The van der Waals surface area contributed by atoms with Gasteiger partial charge in [0.2, 0.25) is 0 Å². The van der Waals surface area contributed by atoms with Crippen LogP contribution in [0.5, 0.6) is 0 Å². The fraction of sp³-hybridized carbons (Fsp3) is 0.214. The molecule has 1 aromatic heterocycles. The summed E-state index contributed by atoms with van der Waals surface area (Å²) in [6, 6.07) is 14.5. The van der Waals surface area contributed by atoms with Crippen LogP contribution in [0.1, 0.15) is 24.2 Å². The SMILES string of the molecule is CCNC(c1ccccc1)c1ncccc1Br. The van der Waals surface area contributed by atoms with Crippen LogP contribution >= 0.6 is 15.9 Å². The Hall–Kier alpha value is -1.19. The van der Waals surface area contributed by atoms with E-state index in [-0.39, 0.29) is 6.04 Å². The number of pyridine rings is 1. The Morgan fingerprint density at radius 1 is 1.18 bits per heavy atom. The molecule has 2 rings (SSSR count). The molecule has 1 atom stereocenters. The highest BCUT2D eigenvalue weighted by Gasteiger charge is 2.16. The molecule has 1 unspecified atom stereocenters. The number of nitrogens with zero attached hydrogens (tertiary/aromatic N) is 1. The van der Waals surface area contributed by atoms with Gasteiger partial charge in [0.1, 0.15) is 0 Å². The standard InChI is InChI=1S/C14H15BrN2/c1-2-16-13(11-7-4-3-5-8-11)14-12(15)9-6-10-17-14/h3-10,13,16H,2H2,1H3. The van der Waals surface area contributed by atoms with Gasteiger partial charge in [-0.1, -0.05) is 37.3 Å². The average Bonchev–Trinajstić information content (AvgIpc) is 2.38. The molecular formula is C14H15BrN2. The van der Waals surface area contributed by atoms with E-state index in [4.69, 9.17) is 0 Å². The van der Waals surface area contributed by atoms with Gasteiger partial charge in [-0.25, -0.2) is 0 Å². The summed E-state index contributed by atoms with van der Waals surface area (Å²) in [6.45, 7) is 3.01. The van der Waals surface area contributed by atoms with Crippen LogP contribution in [0.25, 0.3) is 0 Å². The van der Waals surface area contributed by atoms with Crippen molar-refractivity contribution in [2.45, 2.75) is 13.0 Å².